The molecule has 2 unspecified atom stereocenters. The zero-order valence-electron chi connectivity index (χ0n) is 8.25. The lowest BCUT2D eigenvalue weighted by atomic mass is 10.1. The van der Waals surface area contributed by atoms with Crippen LogP contribution >= 0.6 is 11.8 Å². The van der Waals surface area contributed by atoms with E-state index in [0.717, 1.165) is 6.20 Å². The number of nitrogens with one attached hydrogen (secondary N) is 1. The molecule has 1 aromatic heterocycles. The minimum atomic E-state index is -2.05. The van der Waals surface area contributed by atoms with Crippen LogP contribution in [0.2, 0.25) is 0 Å². The third kappa shape index (κ3) is 2.60. The highest BCUT2D eigenvalue weighted by molar-refractivity contribution is 7.98. The molecular weight excluding hydrogens is 236 g/mol. The van der Waals surface area contributed by atoms with E-state index in [9.17, 15) is 14.7 Å². The lowest BCUT2D eigenvalue weighted by molar-refractivity contribution is -0.153. The van der Waals surface area contributed by atoms with Crippen LogP contribution in [0, 0.1) is 0 Å². The van der Waals surface area contributed by atoms with Crippen molar-refractivity contribution in [2.75, 3.05) is 6.26 Å². The smallest absolute Gasteiger partial charge is 0.335 e. The summed E-state index contributed by atoms with van der Waals surface area (Å²) in [5.74, 6) is -1.61. The van der Waals surface area contributed by atoms with Crippen molar-refractivity contribution in [2.24, 2.45) is 0 Å². The number of carboxylic acids is 1. The first-order valence-corrected chi connectivity index (χ1v) is 5.42. The summed E-state index contributed by atoms with van der Waals surface area (Å²) in [5.41, 5.74) is -0.958. The van der Waals surface area contributed by atoms with E-state index in [1.165, 1.54) is 11.8 Å². The summed E-state index contributed by atoms with van der Waals surface area (Å²) in [4.78, 5) is 27.9. The van der Waals surface area contributed by atoms with E-state index in [-0.39, 0.29) is 5.56 Å². The fourth-order valence-electron chi connectivity index (χ4n) is 1.01. The summed E-state index contributed by atoms with van der Waals surface area (Å²) in [6.45, 7) is 0. The van der Waals surface area contributed by atoms with Crippen LogP contribution < -0.4 is 5.56 Å². The van der Waals surface area contributed by atoms with Gasteiger partial charge in [-0.25, -0.2) is 9.78 Å². The quantitative estimate of drug-likeness (QED) is 0.395. The maximum absolute atomic E-state index is 11.4. The number of thioether (sulfide) groups is 1. The molecular formula is C8H10N2O5S. The zero-order valence-corrected chi connectivity index (χ0v) is 9.06. The Labute approximate surface area is 94.2 Å². The first-order chi connectivity index (χ1) is 7.47. The van der Waals surface area contributed by atoms with E-state index in [1.807, 2.05) is 0 Å². The lowest BCUT2D eigenvalue weighted by Gasteiger charge is -2.12. The molecule has 0 aliphatic rings. The van der Waals surface area contributed by atoms with Gasteiger partial charge in [0.2, 0.25) is 0 Å². The van der Waals surface area contributed by atoms with Crippen LogP contribution in [-0.4, -0.2) is 43.6 Å². The van der Waals surface area contributed by atoms with Crippen LogP contribution in [0.5, 0.6) is 0 Å². The highest BCUT2D eigenvalue weighted by atomic mass is 32.2. The Hall–Kier alpha value is -1.38. The normalized spacial score (nSPS) is 14.4. The number of hydrogen-bond acceptors (Lipinski definition) is 6. The molecule has 0 spiro atoms. The first kappa shape index (κ1) is 12.7. The van der Waals surface area contributed by atoms with Crippen LogP contribution in [0.3, 0.4) is 0 Å². The summed E-state index contributed by atoms with van der Waals surface area (Å²) >= 11 is 1.19. The zero-order chi connectivity index (χ0) is 12.3. The number of hydrogen-bond donors (Lipinski definition) is 4. The molecule has 1 rings (SSSR count). The van der Waals surface area contributed by atoms with Gasteiger partial charge in [0.15, 0.2) is 11.3 Å². The van der Waals surface area contributed by atoms with Gasteiger partial charge in [-0.15, -0.1) is 0 Å². The summed E-state index contributed by atoms with van der Waals surface area (Å²) in [5, 5.41) is 27.3. The topological polar surface area (TPSA) is 124 Å². The van der Waals surface area contributed by atoms with E-state index in [0.29, 0.717) is 5.16 Å². The third-order valence-corrected chi connectivity index (χ3v) is 2.46. The highest BCUT2D eigenvalue weighted by Gasteiger charge is 2.27. The SMILES string of the molecule is CSc1ncc(C(O)C(O)C(=O)O)c(=O)[nH]1. The molecule has 0 radical (unpaired) electrons. The Morgan fingerprint density at radius 3 is 2.62 bits per heavy atom. The first-order valence-electron chi connectivity index (χ1n) is 4.19. The Kier molecular flexibility index (Phi) is 4.05. The van der Waals surface area contributed by atoms with Crippen LogP contribution in [0.4, 0.5) is 0 Å². The van der Waals surface area contributed by atoms with Crippen LogP contribution in [0.1, 0.15) is 11.7 Å². The molecule has 0 saturated carbocycles. The molecule has 0 fully saturated rings. The number of carboxylic acid groups (broad SMARTS) is 1. The Bertz CT molecular complexity index is 446. The molecule has 88 valence electrons. The maximum Gasteiger partial charge on any atom is 0.335 e. The molecule has 0 aromatic carbocycles. The highest BCUT2D eigenvalue weighted by Crippen LogP contribution is 2.13. The van der Waals surface area contributed by atoms with Gasteiger partial charge < -0.3 is 20.3 Å². The second-order valence-electron chi connectivity index (χ2n) is 2.90. The molecule has 0 amide bonds. The number of aliphatic carboxylic acids is 1. The van der Waals surface area contributed by atoms with Gasteiger partial charge in [0.05, 0.1) is 5.56 Å². The molecule has 1 aromatic rings. The number of aliphatic hydroxyl groups excluding tert-OH is 2. The second kappa shape index (κ2) is 5.10. The van der Waals surface area contributed by atoms with Crippen molar-refractivity contribution in [1.29, 1.82) is 0 Å². The van der Waals surface area contributed by atoms with Gasteiger partial charge in [-0.3, -0.25) is 4.79 Å². The Morgan fingerprint density at radius 1 is 1.56 bits per heavy atom. The van der Waals surface area contributed by atoms with E-state index in [2.05, 4.69) is 9.97 Å². The molecule has 16 heavy (non-hydrogen) atoms. The van der Waals surface area contributed by atoms with Crippen molar-refractivity contribution in [3.8, 4) is 0 Å². The minimum absolute atomic E-state index is 0.285. The predicted molar refractivity (Wildman–Crippen MR) is 55.2 cm³/mol. The van der Waals surface area contributed by atoms with E-state index < -0.39 is 23.7 Å². The van der Waals surface area contributed by atoms with Gasteiger partial charge in [0.1, 0.15) is 6.10 Å². The van der Waals surface area contributed by atoms with Crippen LogP contribution in [0.25, 0.3) is 0 Å². The van der Waals surface area contributed by atoms with Crippen molar-refractivity contribution in [1.82, 2.24) is 9.97 Å². The molecule has 4 N–H and O–H groups in total. The van der Waals surface area contributed by atoms with E-state index >= 15 is 0 Å². The number of nitrogens with zero attached hydrogens (tertiary/aromatic N) is 1. The Balaban J connectivity index is 3.05. The van der Waals surface area contributed by atoms with Crippen LogP contribution in [-0.2, 0) is 4.79 Å². The van der Waals surface area contributed by atoms with Gasteiger partial charge in [0.25, 0.3) is 5.56 Å². The third-order valence-electron chi connectivity index (χ3n) is 1.87. The number of rotatable bonds is 4. The van der Waals surface area contributed by atoms with Crippen molar-refractivity contribution in [3.63, 3.8) is 0 Å². The molecule has 0 aliphatic heterocycles. The van der Waals surface area contributed by atoms with Gasteiger partial charge in [-0.2, -0.15) is 0 Å². The van der Waals surface area contributed by atoms with Crippen LogP contribution in [0.15, 0.2) is 16.1 Å². The van der Waals surface area contributed by atoms with E-state index in [1.54, 1.807) is 6.26 Å². The van der Waals surface area contributed by atoms with Gasteiger partial charge in [-0.05, 0) is 6.26 Å². The molecule has 0 bridgehead atoms. The lowest BCUT2D eigenvalue weighted by Crippen LogP contribution is -2.31. The summed E-state index contributed by atoms with van der Waals surface area (Å²) < 4.78 is 0. The average molecular weight is 246 g/mol. The fraction of sp³-hybridized carbons (Fsp3) is 0.375. The molecule has 8 heteroatoms. The van der Waals surface area contributed by atoms with Gasteiger partial charge in [-0.1, -0.05) is 11.8 Å². The average Bonchev–Trinajstić information content (AvgIpc) is 2.26. The fourth-order valence-corrected chi connectivity index (χ4v) is 1.36. The maximum atomic E-state index is 11.4. The minimum Gasteiger partial charge on any atom is -0.479 e. The van der Waals surface area contributed by atoms with Gasteiger partial charge >= 0.3 is 5.97 Å². The molecule has 1 heterocycles. The number of aromatic nitrogens is 2. The Morgan fingerprint density at radius 2 is 2.19 bits per heavy atom. The van der Waals surface area contributed by atoms with Crippen molar-refractivity contribution < 1.29 is 20.1 Å². The van der Waals surface area contributed by atoms with Crippen molar-refractivity contribution >= 4 is 17.7 Å². The standard InChI is InChI=1S/C8H10N2O5S/c1-16-8-9-2-3(6(13)10-8)4(11)5(12)7(14)15/h2,4-5,11-12H,1H3,(H,14,15)(H,9,10,13). The second-order valence-corrected chi connectivity index (χ2v) is 3.70. The largest absolute Gasteiger partial charge is 0.479 e. The monoisotopic (exact) mass is 246 g/mol. The summed E-state index contributed by atoms with van der Waals surface area (Å²) in [6, 6.07) is 0. The molecule has 7 nitrogen and oxygen atoms in total. The number of aromatic amines is 1. The predicted octanol–water partition coefficient (Wildman–Crippen LogP) is -1.03. The number of carbonyl (C=O) groups is 1. The summed E-state index contributed by atoms with van der Waals surface area (Å²) in [7, 11) is 0. The van der Waals surface area contributed by atoms with Crippen molar-refractivity contribution in [2.45, 2.75) is 17.4 Å². The van der Waals surface area contributed by atoms with Gasteiger partial charge in [0, 0.05) is 6.20 Å². The van der Waals surface area contributed by atoms with E-state index in [4.69, 9.17) is 10.2 Å². The molecule has 2 atom stereocenters. The molecule has 0 saturated heterocycles. The number of H-pyrrole nitrogens is 1. The number of aliphatic hydroxyl groups is 2. The molecule has 0 aliphatic carbocycles. The summed E-state index contributed by atoms with van der Waals surface area (Å²) in [6.07, 6.45) is -1.12. The van der Waals surface area contributed by atoms with Crippen molar-refractivity contribution in [3.05, 3.63) is 22.1 Å².